The van der Waals surface area contributed by atoms with E-state index in [1.54, 1.807) is 0 Å². The van der Waals surface area contributed by atoms with Gasteiger partial charge in [-0.2, -0.15) is 13.2 Å². The highest BCUT2D eigenvalue weighted by Crippen LogP contribution is 2.37. The number of hydrogen-bond acceptors (Lipinski definition) is 2. The number of rotatable bonds is 4. The van der Waals surface area contributed by atoms with Gasteiger partial charge in [0.15, 0.2) is 0 Å². The van der Waals surface area contributed by atoms with Crippen LogP contribution in [0.1, 0.15) is 32.6 Å². The van der Waals surface area contributed by atoms with Crippen molar-refractivity contribution in [3.05, 3.63) is 0 Å². The minimum absolute atomic E-state index is 0.0953. The van der Waals surface area contributed by atoms with Gasteiger partial charge >= 0.3 is 6.18 Å². The Morgan fingerprint density at radius 1 is 1.24 bits per heavy atom. The molecule has 1 aliphatic rings. The normalized spacial score (nSPS) is 28.4. The molecule has 1 N–H and O–H groups in total. The summed E-state index contributed by atoms with van der Waals surface area (Å²) in [6.07, 6.45) is -1.54. The van der Waals surface area contributed by atoms with Crippen LogP contribution in [0.25, 0.3) is 0 Å². The van der Waals surface area contributed by atoms with Crippen LogP contribution in [0.3, 0.4) is 0 Å². The molecule has 0 spiro atoms. The number of nitrogens with zero attached hydrogens (tertiary/aromatic N) is 1. The quantitative estimate of drug-likeness (QED) is 0.827. The number of nitrogens with one attached hydrogen (secondary N) is 1. The van der Waals surface area contributed by atoms with Gasteiger partial charge in [0.2, 0.25) is 0 Å². The summed E-state index contributed by atoms with van der Waals surface area (Å²) >= 11 is 0. The molecule has 3 atom stereocenters. The second kappa shape index (κ2) is 6.05. The van der Waals surface area contributed by atoms with Crippen molar-refractivity contribution in [1.29, 1.82) is 0 Å². The van der Waals surface area contributed by atoms with Crippen molar-refractivity contribution in [1.82, 2.24) is 10.2 Å². The lowest BCUT2D eigenvalue weighted by molar-refractivity contribution is -0.189. The maximum atomic E-state index is 12.9. The zero-order chi connectivity index (χ0) is 13.1. The molecule has 0 bridgehead atoms. The molecule has 3 unspecified atom stereocenters. The molecule has 0 aromatic carbocycles. The van der Waals surface area contributed by atoms with Crippen molar-refractivity contribution < 1.29 is 13.2 Å². The summed E-state index contributed by atoms with van der Waals surface area (Å²) in [6.45, 7) is 2.71. The van der Waals surface area contributed by atoms with E-state index in [0.29, 0.717) is 12.8 Å². The van der Waals surface area contributed by atoms with Crippen molar-refractivity contribution in [2.75, 3.05) is 20.6 Å². The van der Waals surface area contributed by atoms with E-state index in [2.05, 4.69) is 5.32 Å². The summed E-state index contributed by atoms with van der Waals surface area (Å²) in [5, 5.41) is 3.15. The first-order chi connectivity index (χ1) is 7.80. The van der Waals surface area contributed by atoms with Crippen LogP contribution in [0.5, 0.6) is 0 Å². The van der Waals surface area contributed by atoms with E-state index in [1.807, 2.05) is 25.9 Å². The molecule has 17 heavy (non-hydrogen) atoms. The predicted octanol–water partition coefficient (Wildman–Crippen LogP) is 2.65. The van der Waals surface area contributed by atoms with Crippen molar-refractivity contribution in [3.63, 3.8) is 0 Å². The molecule has 0 aromatic rings. The van der Waals surface area contributed by atoms with Crippen LogP contribution >= 0.6 is 0 Å². The van der Waals surface area contributed by atoms with Gasteiger partial charge in [0, 0.05) is 18.6 Å². The number of alkyl halides is 3. The zero-order valence-electron chi connectivity index (χ0n) is 10.8. The minimum atomic E-state index is -4.06. The fourth-order valence-electron chi connectivity index (χ4n) is 2.69. The van der Waals surface area contributed by atoms with Crippen molar-refractivity contribution in [2.24, 2.45) is 5.92 Å². The molecule has 0 aromatic heterocycles. The van der Waals surface area contributed by atoms with E-state index in [4.69, 9.17) is 0 Å². The molecule has 102 valence electrons. The highest BCUT2D eigenvalue weighted by Gasteiger charge is 2.45. The molecule has 0 amide bonds. The lowest BCUT2D eigenvalue weighted by Gasteiger charge is -2.36. The van der Waals surface area contributed by atoms with Crippen molar-refractivity contribution in [2.45, 2.75) is 50.9 Å². The standard InChI is InChI=1S/C12H23F3N2/c1-9(8-17(2)3)16-11-7-5-4-6-10(11)12(13,14)15/h9-11,16H,4-8H2,1-3H3. The average molecular weight is 252 g/mol. The van der Waals surface area contributed by atoms with Gasteiger partial charge in [-0.15, -0.1) is 0 Å². The number of hydrogen-bond donors (Lipinski definition) is 1. The maximum absolute atomic E-state index is 12.9. The van der Waals surface area contributed by atoms with Gasteiger partial charge in [-0.3, -0.25) is 0 Å². The summed E-state index contributed by atoms with van der Waals surface area (Å²) in [5.41, 5.74) is 0. The van der Waals surface area contributed by atoms with E-state index >= 15 is 0 Å². The molecule has 1 fully saturated rings. The van der Waals surface area contributed by atoms with Gasteiger partial charge in [-0.25, -0.2) is 0 Å². The van der Waals surface area contributed by atoms with Gasteiger partial charge in [-0.05, 0) is 33.9 Å². The van der Waals surface area contributed by atoms with Gasteiger partial charge < -0.3 is 10.2 Å². The van der Waals surface area contributed by atoms with Crippen LogP contribution < -0.4 is 5.32 Å². The third kappa shape index (κ3) is 4.84. The maximum Gasteiger partial charge on any atom is 0.393 e. The molecule has 1 saturated carbocycles. The fourth-order valence-corrected chi connectivity index (χ4v) is 2.69. The Hall–Kier alpha value is -0.290. The second-order valence-electron chi connectivity index (χ2n) is 5.37. The van der Waals surface area contributed by atoms with Crippen molar-refractivity contribution >= 4 is 0 Å². The molecule has 0 aliphatic heterocycles. The smallest absolute Gasteiger partial charge is 0.310 e. The first-order valence-corrected chi connectivity index (χ1v) is 6.28. The lowest BCUT2D eigenvalue weighted by Crippen LogP contribution is -2.50. The van der Waals surface area contributed by atoms with E-state index in [9.17, 15) is 13.2 Å². The van der Waals surface area contributed by atoms with E-state index in [-0.39, 0.29) is 12.5 Å². The Balaban J connectivity index is 2.54. The minimum Gasteiger partial charge on any atom is -0.310 e. The van der Waals surface area contributed by atoms with Crippen LogP contribution in [0, 0.1) is 5.92 Å². The molecule has 1 aliphatic carbocycles. The number of likely N-dealkylation sites (N-methyl/N-ethyl adjacent to an activating group) is 1. The van der Waals surface area contributed by atoms with E-state index < -0.39 is 18.1 Å². The molecular weight excluding hydrogens is 229 g/mol. The topological polar surface area (TPSA) is 15.3 Å². The Morgan fingerprint density at radius 3 is 2.35 bits per heavy atom. The molecule has 5 heteroatoms. The van der Waals surface area contributed by atoms with Crippen molar-refractivity contribution in [3.8, 4) is 0 Å². The van der Waals surface area contributed by atoms with Crippen LogP contribution in [0.2, 0.25) is 0 Å². The molecule has 1 rings (SSSR count). The number of halogens is 3. The average Bonchev–Trinajstić information content (AvgIpc) is 2.15. The monoisotopic (exact) mass is 252 g/mol. The first-order valence-electron chi connectivity index (χ1n) is 6.28. The lowest BCUT2D eigenvalue weighted by atomic mass is 9.83. The Morgan fingerprint density at radius 2 is 1.82 bits per heavy atom. The van der Waals surface area contributed by atoms with Gasteiger partial charge in [0.05, 0.1) is 5.92 Å². The van der Waals surface area contributed by atoms with Gasteiger partial charge in [0.25, 0.3) is 0 Å². The Bertz CT molecular complexity index is 228. The summed E-state index contributed by atoms with van der Waals surface area (Å²) in [4.78, 5) is 1.99. The predicted molar refractivity (Wildman–Crippen MR) is 63.0 cm³/mol. The first kappa shape index (κ1) is 14.8. The second-order valence-corrected chi connectivity index (χ2v) is 5.37. The highest BCUT2D eigenvalue weighted by molar-refractivity contribution is 4.87. The van der Waals surface area contributed by atoms with Gasteiger partial charge in [0.1, 0.15) is 0 Å². The molecule has 0 radical (unpaired) electrons. The Labute approximate surface area is 102 Å². The summed E-state index contributed by atoms with van der Waals surface area (Å²) in [5.74, 6) is -1.17. The fraction of sp³-hybridized carbons (Fsp3) is 1.00. The largest absolute Gasteiger partial charge is 0.393 e. The Kier molecular flexibility index (Phi) is 5.25. The van der Waals surface area contributed by atoms with E-state index in [1.165, 1.54) is 0 Å². The summed E-state index contributed by atoms with van der Waals surface area (Å²) in [6, 6.07) is -0.309. The molecule has 0 heterocycles. The molecule has 0 saturated heterocycles. The molecule has 2 nitrogen and oxygen atoms in total. The van der Waals surface area contributed by atoms with Crippen LogP contribution in [0.4, 0.5) is 13.2 Å². The third-order valence-corrected chi connectivity index (χ3v) is 3.32. The van der Waals surface area contributed by atoms with Crippen LogP contribution in [0.15, 0.2) is 0 Å². The van der Waals surface area contributed by atoms with E-state index in [0.717, 1.165) is 13.0 Å². The van der Waals surface area contributed by atoms with Crippen LogP contribution in [-0.4, -0.2) is 43.8 Å². The van der Waals surface area contributed by atoms with Gasteiger partial charge in [-0.1, -0.05) is 12.8 Å². The SMILES string of the molecule is CC(CN(C)C)NC1CCCCC1C(F)(F)F. The molecular formula is C12H23F3N2. The third-order valence-electron chi connectivity index (χ3n) is 3.32. The zero-order valence-corrected chi connectivity index (χ0v) is 10.8. The summed E-state index contributed by atoms with van der Waals surface area (Å²) < 4.78 is 38.6. The van der Waals surface area contributed by atoms with Crippen LogP contribution in [-0.2, 0) is 0 Å². The highest BCUT2D eigenvalue weighted by atomic mass is 19.4. The summed E-state index contributed by atoms with van der Waals surface area (Å²) in [7, 11) is 3.86.